The van der Waals surface area contributed by atoms with E-state index in [4.69, 9.17) is 0 Å². The van der Waals surface area contributed by atoms with Gasteiger partial charge in [-0.2, -0.15) is 0 Å². The number of nitrogens with one attached hydrogen (secondary N) is 2. The Labute approximate surface area is 156 Å². The van der Waals surface area contributed by atoms with Crippen molar-refractivity contribution >= 4 is 17.4 Å². The maximum atomic E-state index is 12.1. The Morgan fingerprint density at radius 3 is 2.27 bits per heavy atom. The summed E-state index contributed by atoms with van der Waals surface area (Å²) >= 11 is 0. The first-order chi connectivity index (χ1) is 12.5. The number of hydrogen-bond donors (Lipinski definition) is 2. The van der Waals surface area contributed by atoms with Gasteiger partial charge in [0.25, 0.3) is 5.91 Å². The van der Waals surface area contributed by atoms with E-state index in [0.717, 1.165) is 31.5 Å². The van der Waals surface area contributed by atoms with E-state index in [-0.39, 0.29) is 5.91 Å². The molecule has 0 aliphatic heterocycles. The van der Waals surface area contributed by atoms with Crippen LogP contribution in [0, 0.1) is 0 Å². The van der Waals surface area contributed by atoms with Gasteiger partial charge in [0.05, 0.1) is 0 Å². The van der Waals surface area contributed by atoms with E-state index in [9.17, 15) is 4.79 Å². The van der Waals surface area contributed by atoms with Crippen molar-refractivity contribution in [1.82, 2.24) is 20.4 Å². The number of carbonyl (C=O) groups excluding carboxylic acids is 1. The maximum Gasteiger partial charge on any atom is 0.271 e. The van der Waals surface area contributed by atoms with Crippen LogP contribution in [0.2, 0.25) is 0 Å². The molecule has 0 bridgehead atoms. The molecule has 2 aromatic rings. The average molecular weight is 355 g/mol. The molecule has 0 aliphatic carbocycles. The molecule has 1 aromatic carbocycles. The minimum Gasteiger partial charge on any atom is -0.351 e. The zero-order chi connectivity index (χ0) is 18.9. The second-order valence-corrected chi connectivity index (χ2v) is 6.50. The van der Waals surface area contributed by atoms with Gasteiger partial charge in [0, 0.05) is 12.2 Å². The predicted octanol–water partition coefficient (Wildman–Crippen LogP) is 3.03. The number of amides is 1. The molecule has 1 amide bonds. The fourth-order valence-corrected chi connectivity index (χ4v) is 2.74. The van der Waals surface area contributed by atoms with Crippen LogP contribution in [0.25, 0.3) is 0 Å². The van der Waals surface area contributed by atoms with Gasteiger partial charge in [-0.1, -0.05) is 32.0 Å². The van der Waals surface area contributed by atoms with Crippen molar-refractivity contribution in [1.29, 1.82) is 0 Å². The third-order valence-electron chi connectivity index (χ3n) is 4.22. The third-order valence-corrected chi connectivity index (χ3v) is 4.22. The second-order valence-electron chi connectivity index (χ2n) is 6.50. The Hall–Kier alpha value is -2.47. The van der Waals surface area contributed by atoms with Crippen LogP contribution < -0.4 is 10.6 Å². The smallest absolute Gasteiger partial charge is 0.271 e. The molecule has 0 saturated heterocycles. The molecule has 140 valence electrons. The molecule has 1 heterocycles. The van der Waals surface area contributed by atoms with Gasteiger partial charge in [-0.25, -0.2) is 0 Å². The molecule has 2 rings (SSSR count). The van der Waals surface area contributed by atoms with E-state index in [1.165, 1.54) is 11.1 Å². The monoisotopic (exact) mass is 355 g/mol. The lowest BCUT2D eigenvalue weighted by atomic mass is 10.0. The van der Waals surface area contributed by atoms with Crippen LogP contribution in [0.4, 0.5) is 11.5 Å². The number of rotatable bonds is 9. The number of anilines is 2. The van der Waals surface area contributed by atoms with Crippen molar-refractivity contribution in [2.75, 3.05) is 32.5 Å². The molecule has 26 heavy (non-hydrogen) atoms. The van der Waals surface area contributed by atoms with Gasteiger partial charge in [-0.3, -0.25) is 4.79 Å². The molecule has 0 fully saturated rings. The highest BCUT2D eigenvalue weighted by Crippen LogP contribution is 2.25. The molecule has 6 heteroatoms. The SMILES string of the molecule is CCc1cccc(CC)c1Nc1ccc(C(=O)NCCCN(C)C)nn1. The molecule has 0 saturated carbocycles. The normalized spacial score (nSPS) is 10.8. The number of para-hydroxylation sites is 1. The van der Waals surface area contributed by atoms with Crippen LogP contribution >= 0.6 is 0 Å². The summed E-state index contributed by atoms with van der Waals surface area (Å²) in [5, 5.41) is 14.5. The molecule has 0 unspecified atom stereocenters. The van der Waals surface area contributed by atoms with Crippen LogP contribution in [0.1, 0.15) is 41.9 Å². The first-order valence-electron chi connectivity index (χ1n) is 9.19. The van der Waals surface area contributed by atoms with Gasteiger partial charge in [0.1, 0.15) is 0 Å². The molecule has 0 spiro atoms. The highest BCUT2D eigenvalue weighted by molar-refractivity contribution is 5.92. The number of aromatic nitrogens is 2. The lowest BCUT2D eigenvalue weighted by Gasteiger charge is -2.14. The van der Waals surface area contributed by atoms with E-state index in [0.29, 0.717) is 18.1 Å². The van der Waals surface area contributed by atoms with Crippen LogP contribution in [-0.4, -0.2) is 48.2 Å². The summed E-state index contributed by atoms with van der Waals surface area (Å²) in [7, 11) is 4.03. The summed E-state index contributed by atoms with van der Waals surface area (Å²) in [6.45, 7) is 5.83. The average Bonchev–Trinajstić information content (AvgIpc) is 2.65. The molecular formula is C20H29N5O. The Bertz CT molecular complexity index is 690. The number of benzene rings is 1. The minimum atomic E-state index is -0.189. The zero-order valence-corrected chi connectivity index (χ0v) is 16.2. The lowest BCUT2D eigenvalue weighted by molar-refractivity contribution is 0.0946. The summed E-state index contributed by atoms with van der Waals surface area (Å²) in [5.41, 5.74) is 3.91. The van der Waals surface area contributed by atoms with Crippen LogP contribution in [0.15, 0.2) is 30.3 Å². The van der Waals surface area contributed by atoms with Crippen molar-refractivity contribution in [3.63, 3.8) is 0 Å². The van der Waals surface area contributed by atoms with Gasteiger partial charge in [0.2, 0.25) is 0 Å². The van der Waals surface area contributed by atoms with Gasteiger partial charge in [-0.15, -0.1) is 10.2 Å². The van der Waals surface area contributed by atoms with Gasteiger partial charge in [0.15, 0.2) is 11.5 Å². The highest BCUT2D eigenvalue weighted by Gasteiger charge is 2.10. The molecule has 1 aromatic heterocycles. The fourth-order valence-electron chi connectivity index (χ4n) is 2.74. The van der Waals surface area contributed by atoms with Gasteiger partial charge in [-0.05, 0) is 63.2 Å². The summed E-state index contributed by atoms with van der Waals surface area (Å²) in [4.78, 5) is 14.2. The first-order valence-corrected chi connectivity index (χ1v) is 9.19. The molecule has 0 atom stereocenters. The van der Waals surface area contributed by atoms with E-state index in [2.05, 4.69) is 57.8 Å². The van der Waals surface area contributed by atoms with E-state index in [1.807, 2.05) is 14.1 Å². The summed E-state index contributed by atoms with van der Waals surface area (Å²) < 4.78 is 0. The van der Waals surface area contributed by atoms with E-state index < -0.39 is 0 Å². The first kappa shape index (κ1) is 19.8. The zero-order valence-electron chi connectivity index (χ0n) is 16.2. The van der Waals surface area contributed by atoms with E-state index >= 15 is 0 Å². The Morgan fingerprint density at radius 1 is 1.04 bits per heavy atom. The highest BCUT2D eigenvalue weighted by atomic mass is 16.1. The summed E-state index contributed by atoms with van der Waals surface area (Å²) in [6, 6.07) is 9.82. The fraction of sp³-hybridized carbons (Fsp3) is 0.450. The second kappa shape index (κ2) is 9.87. The van der Waals surface area contributed by atoms with Crippen molar-refractivity contribution in [3.8, 4) is 0 Å². The molecule has 0 radical (unpaired) electrons. The Kier molecular flexibility index (Phi) is 7.53. The Morgan fingerprint density at radius 2 is 1.73 bits per heavy atom. The van der Waals surface area contributed by atoms with Gasteiger partial charge < -0.3 is 15.5 Å². The largest absolute Gasteiger partial charge is 0.351 e. The predicted molar refractivity (Wildman–Crippen MR) is 106 cm³/mol. The van der Waals surface area contributed by atoms with Crippen molar-refractivity contribution in [3.05, 3.63) is 47.2 Å². The van der Waals surface area contributed by atoms with Crippen molar-refractivity contribution in [2.24, 2.45) is 0 Å². The van der Waals surface area contributed by atoms with Crippen LogP contribution in [-0.2, 0) is 12.8 Å². The summed E-state index contributed by atoms with van der Waals surface area (Å²) in [5.74, 6) is 0.454. The molecular weight excluding hydrogens is 326 g/mol. The van der Waals surface area contributed by atoms with Crippen LogP contribution in [0.5, 0.6) is 0 Å². The quantitative estimate of drug-likeness (QED) is 0.677. The molecule has 0 aliphatic rings. The van der Waals surface area contributed by atoms with Gasteiger partial charge >= 0.3 is 0 Å². The van der Waals surface area contributed by atoms with E-state index in [1.54, 1.807) is 12.1 Å². The minimum absolute atomic E-state index is 0.189. The maximum absolute atomic E-state index is 12.1. The Balaban J connectivity index is 2.01. The lowest BCUT2D eigenvalue weighted by Crippen LogP contribution is -2.28. The van der Waals surface area contributed by atoms with Crippen molar-refractivity contribution in [2.45, 2.75) is 33.1 Å². The molecule has 2 N–H and O–H groups in total. The number of carbonyl (C=O) groups is 1. The molecule has 6 nitrogen and oxygen atoms in total. The van der Waals surface area contributed by atoms with Crippen LogP contribution in [0.3, 0.4) is 0 Å². The third kappa shape index (κ3) is 5.52. The number of nitrogens with zero attached hydrogens (tertiary/aromatic N) is 3. The standard InChI is InChI=1S/C20H29N5O/c1-5-15-9-7-10-16(6-2)19(15)22-18-12-11-17(23-24-18)20(26)21-13-8-14-25(3)4/h7,9-12H,5-6,8,13-14H2,1-4H3,(H,21,26)(H,22,24). The summed E-state index contributed by atoms with van der Waals surface area (Å²) in [6.07, 6.45) is 2.79. The topological polar surface area (TPSA) is 70.2 Å². The van der Waals surface area contributed by atoms with Crippen molar-refractivity contribution < 1.29 is 4.79 Å². The number of hydrogen-bond acceptors (Lipinski definition) is 5. The number of aryl methyl sites for hydroxylation is 2.